The first-order valence-corrected chi connectivity index (χ1v) is 6.83. The third-order valence-electron chi connectivity index (χ3n) is 3.44. The summed E-state index contributed by atoms with van der Waals surface area (Å²) in [5, 5.41) is 11.3. The number of alkyl halides is 3. The SMILES string of the molecule is OC1(c2cc3ccc(Cl)nc3s2)CC(C(F)(F)F)C1. The first kappa shape index (κ1) is 13.1. The topological polar surface area (TPSA) is 33.1 Å². The molecule has 1 aliphatic rings. The molecule has 1 N–H and O–H groups in total. The average Bonchev–Trinajstić information content (AvgIpc) is 2.66. The van der Waals surface area contributed by atoms with Crippen molar-refractivity contribution in [2.24, 2.45) is 5.92 Å². The zero-order valence-corrected chi connectivity index (χ0v) is 11.1. The lowest BCUT2D eigenvalue weighted by molar-refractivity contribution is -0.241. The molecule has 0 saturated heterocycles. The lowest BCUT2D eigenvalue weighted by Crippen LogP contribution is -2.46. The zero-order chi connectivity index (χ0) is 13.8. The van der Waals surface area contributed by atoms with Crippen molar-refractivity contribution in [1.82, 2.24) is 4.98 Å². The summed E-state index contributed by atoms with van der Waals surface area (Å²) in [4.78, 5) is 5.24. The van der Waals surface area contributed by atoms with E-state index in [0.29, 0.717) is 14.9 Å². The summed E-state index contributed by atoms with van der Waals surface area (Å²) in [6.45, 7) is 0. The highest BCUT2D eigenvalue weighted by Crippen LogP contribution is 2.54. The molecule has 2 nitrogen and oxygen atoms in total. The standard InChI is InChI=1S/C12H9ClF3NOS/c13-9-2-1-6-3-8(19-10(6)17-9)11(18)4-7(5-11)12(14,15)16/h1-3,7,18H,4-5H2. The van der Waals surface area contributed by atoms with Gasteiger partial charge in [-0.2, -0.15) is 13.2 Å². The maximum atomic E-state index is 12.5. The van der Waals surface area contributed by atoms with Gasteiger partial charge in [-0.25, -0.2) is 4.98 Å². The molecule has 0 amide bonds. The van der Waals surface area contributed by atoms with E-state index in [4.69, 9.17) is 11.6 Å². The van der Waals surface area contributed by atoms with Crippen LogP contribution >= 0.6 is 22.9 Å². The maximum Gasteiger partial charge on any atom is 0.392 e. The molecule has 1 saturated carbocycles. The number of aliphatic hydroxyl groups is 1. The highest BCUT2D eigenvalue weighted by molar-refractivity contribution is 7.18. The van der Waals surface area contributed by atoms with E-state index in [9.17, 15) is 18.3 Å². The van der Waals surface area contributed by atoms with Gasteiger partial charge in [0, 0.05) is 10.3 Å². The Bertz CT molecular complexity index is 633. The number of thiophene rings is 1. The third kappa shape index (κ3) is 2.22. The molecule has 1 fully saturated rings. The van der Waals surface area contributed by atoms with Crippen molar-refractivity contribution in [1.29, 1.82) is 0 Å². The van der Waals surface area contributed by atoms with Crippen LogP contribution in [0.3, 0.4) is 0 Å². The van der Waals surface area contributed by atoms with Gasteiger partial charge in [0.2, 0.25) is 0 Å². The first-order chi connectivity index (χ1) is 8.78. The quantitative estimate of drug-likeness (QED) is 0.804. The second-order valence-electron chi connectivity index (χ2n) is 4.82. The second kappa shape index (κ2) is 4.07. The van der Waals surface area contributed by atoms with Gasteiger partial charge in [-0.05, 0) is 31.0 Å². The molecule has 1 aliphatic carbocycles. The minimum atomic E-state index is -4.23. The van der Waals surface area contributed by atoms with Crippen LogP contribution in [0.4, 0.5) is 13.2 Å². The predicted molar refractivity (Wildman–Crippen MR) is 67.3 cm³/mol. The Balaban J connectivity index is 1.89. The van der Waals surface area contributed by atoms with Gasteiger partial charge in [0.25, 0.3) is 0 Å². The Morgan fingerprint density at radius 2 is 2.05 bits per heavy atom. The Labute approximate surface area is 115 Å². The average molecular weight is 308 g/mol. The molecular weight excluding hydrogens is 299 g/mol. The van der Waals surface area contributed by atoms with Gasteiger partial charge in [0.1, 0.15) is 15.6 Å². The monoisotopic (exact) mass is 307 g/mol. The van der Waals surface area contributed by atoms with Gasteiger partial charge < -0.3 is 5.11 Å². The van der Waals surface area contributed by atoms with Crippen molar-refractivity contribution in [2.45, 2.75) is 24.6 Å². The lowest BCUT2D eigenvalue weighted by atomic mass is 9.70. The number of pyridine rings is 1. The molecule has 2 aromatic heterocycles. The van der Waals surface area contributed by atoms with Crippen molar-refractivity contribution in [2.75, 3.05) is 0 Å². The number of nitrogens with zero attached hydrogens (tertiary/aromatic N) is 1. The van der Waals surface area contributed by atoms with Crippen LogP contribution in [0, 0.1) is 5.92 Å². The van der Waals surface area contributed by atoms with Crippen molar-refractivity contribution in [3.63, 3.8) is 0 Å². The number of aromatic nitrogens is 1. The minimum absolute atomic E-state index is 0.281. The summed E-state index contributed by atoms with van der Waals surface area (Å²) in [6, 6.07) is 5.05. The first-order valence-electron chi connectivity index (χ1n) is 5.64. The molecule has 0 bridgehead atoms. The van der Waals surface area contributed by atoms with Crippen LogP contribution in [-0.2, 0) is 5.60 Å². The molecule has 0 atom stereocenters. The Hall–Kier alpha value is -0.850. The van der Waals surface area contributed by atoms with Crippen molar-refractivity contribution in [3.8, 4) is 0 Å². The molecule has 3 rings (SSSR count). The van der Waals surface area contributed by atoms with E-state index in [1.54, 1.807) is 18.2 Å². The Morgan fingerprint density at radius 1 is 1.37 bits per heavy atom. The van der Waals surface area contributed by atoms with E-state index in [0.717, 1.165) is 5.39 Å². The summed E-state index contributed by atoms with van der Waals surface area (Å²) in [5.74, 6) is -1.42. The molecule has 0 aliphatic heterocycles. The number of hydrogen-bond acceptors (Lipinski definition) is 3. The molecule has 0 spiro atoms. The molecule has 102 valence electrons. The molecule has 2 aromatic rings. The van der Waals surface area contributed by atoms with E-state index in [1.807, 2.05) is 0 Å². The molecule has 0 radical (unpaired) electrons. The van der Waals surface area contributed by atoms with Crippen molar-refractivity contribution in [3.05, 3.63) is 28.2 Å². The van der Waals surface area contributed by atoms with E-state index in [-0.39, 0.29) is 12.8 Å². The van der Waals surface area contributed by atoms with E-state index < -0.39 is 17.7 Å². The summed E-state index contributed by atoms with van der Waals surface area (Å²) in [7, 11) is 0. The zero-order valence-electron chi connectivity index (χ0n) is 9.54. The molecular formula is C12H9ClF3NOS. The molecule has 7 heteroatoms. The van der Waals surface area contributed by atoms with Gasteiger partial charge in [0.05, 0.1) is 5.92 Å². The molecule has 0 unspecified atom stereocenters. The van der Waals surface area contributed by atoms with E-state index >= 15 is 0 Å². The van der Waals surface area contributed by atoms with Crippen LogP contribution in [0.5, 0.6) is 0 Å². The van der Waals surface area contributed by atoms with Crippen LogP contribution in [-0.4, -0.2) is 16.3 Å². The maximum absolute atomic E-state index is 12.5. The third-order valence-corrected chi connectivity index (χ3v) is 4.89. The highest BCUT2D eigenvalue weighted by atomic mass is 35.5. The van der Waals surface area contributed by atoms with Gasteiger partial charge >= 0.3 is 6.18 Å². The van der Waals surface area contributed by atoms with Crippen molar-refractivity contribution < 1.29 is 18.3 Å². The van der Waals surface area contributed by atoms with Crippen LogP contribution in [0.15, 0.2) is 18.2 Å². The van der Waals surface area contributed by atoms with E-state index in [1.165, 1.54) is 11.3 Å². The number of fused-ring (bicyclic) bond motifs is 1. The summed E-state index contributed by atoms with van der Waals surface area (Å²) < 4.78 is 37.4. The molecule has 2 heterocycles. The minimum Gasteiger partial charge on any atom is -0.384 e. The highest BCUT2D eigenvalue weighted by Gasteiger charge is 2.56. The van der Waals surface area contributed by atoms with Crippen LogP contribution < -0.4 is 0 Å². The Kier molecular flexibility index (Phi) is 2.82. The molecule has 0 aromatic carbocycles. The summed E-state index contributed by atoms with van der Waals surface area (Å²) in [6.07, 6.45) is -4.79. The number of hydrogen-bond donors (Lipinski definition) is 1. The fraction of sp³-hybridized carbons (Fsp3) is 0.417. The Morgan fingerprint density at radius 3 is 2.68 bits per heavy atom. The lowest BCUT2D eigenvalue weighted by Gasteiger charge is -2.43. The van der Waals surface area contributed by atoms with Crippen LogP contribution in [0.25, 0.3) is 10.2 Å². The van der Waals surface area contributed by atoms with Crippen molar-refractivity contribution >= 4 is 33.2 Å². The summed E-state index contributed by atoms with van der Waals surface area (Å²) >= 11 is 6.95. The predicted octanol–water partition coefficient (Wildman–Crippen LogP) is 4.11. The van der Waals surface area contributed by atoms with Gasteiger partial charge in [0.15, 0.2) is 0 Å². The summed E-state index contributed by atoms with van der Waals surface area (Å²) in [5.41, 5.74) is -1.38. The largest absolute Gasteiger partial charge is 0.392 e. The fourth-order valence-electron chi connectivity index (χ4n) is 2.31. The van der Waals surface area contributed by atoms with Gasteiger partial charge in [-0.1, -0.05) is 11.6 Å². The van der Waals surface area contributed by atoms with Crippen LogP contribution in [0.1, 0.15) is 17.7 Å². The molecule has 19 heavy (non-hydrogen) atoms. The normalized spacial score (nSPS) is 27.5. The van der Waals surface area contributed by atoms with Gasteiger partial charge in [-0.3, -0.25) is 0 Å². The number of halogens is 4. The van der Waals surface area contributed by atoms with Crippen LogP contribution in [0.2, 0.25) is 5.15 Å². The van der Waals surface area contributed by atoms with Gasteiger partial charge in [-0.15, -0.1) is 11.3 Å². The second-order valence-corrected chi connectivity index (χ2v) is 6.24. The number of rotatable bonds is 1. The smallest absolute Gasteiger partial charge is 0.384 e. The van der Waals surface area contributed by atoms with E-state index in [2.05, 4.69) is 4.98 Å². The fourth-order valence-corrected chi connectivity index (χ4v) is 3.65.